The van der Waals surface area contributed by atoms with Crippen molar-refractivity contribution in [2.75, 3.05) is 17.7 Å². The van der Waals surface area contributed by atoms with Gasteiger partial charge in [-0.25, -0.2) is 4.79 Å². The second-order valence-electron chi connectivity index (χ2n) is 4.59. The second-order valence-corrected chi connectivity index (χ2v) is 5.90. The molecule has 1 aromatic carbocycles. The minimum Gasteiger partial charge on any atom is -0.478 e. The average molecular weight is 283 g/mol. The van der Waals surface area contributed by atoms with Crippen LogP contribution in [0.2, 0.25) is 0 Å². The van der Waals surface area contributed by atoms with E-state index < -0.39 is 5.97 Å². The smallest absolute Gasteiger partial charge is 0.338 e. The fourth-order valence-corrected chi connectivity index (χ4v) is 2.60. The summed E-state index contributed by atoms with van der Waals surface area (Å²) in [4.78, 5) is 12.2. The Hall–Kier alpha value is -1.20. The van der Waals surface area contributed by atoms with E-state index in [1.54, 1.807) is 6.07 Å². The van der Waals surface area contributed by atoms with Crippen LogP contribution in [0.25, 0.3) is 0 Å². The summed E-state index contributed by atoms with van der Waals surface area (Å²) in [6.07, 6.45) is 0. The molecule has 1 aromatic rings. The quantitative estimate of drug-likeness (QED) is 0.671. The number of thioether (sulfide) groups is 1. The number of aliphatic hydroxyl groups is 1. The van der Waals surface area contributed by atoms with Crippen LogP contribution in [0.4, 0.5) is 5.69 Å². The van der Waals surface area contributed by atoms with E-state index in [0.29, 0.717) is 5.69 Å². The number of benzene rings is 1. The first-order valence-corrected chi connectivity index (χ1v) is 7.36. The standard InChI is InChI=1S/C14H21NO3S/c1-4-19-12-7-5-6-10(13(12)14(17)18)15-11(8-16)9(2)3/h5-7,9,11,15-16H,4,8H2,1-3H3,(H,17,18). The highest BCUT2D eigenvalue weighted by Crippen LogP contribution is 2.29. The van der Waals surface area contributed by atoms with Crippen LogP contribution in [0.5, 0.6) is 0 Å². The maximum absolute atomic E-state index is 11.4. The molecular formula is C14H21NO3S. The molecule has 0 saturated heterocycles. The summed E-state index contributed by atoms with van der Waals surface area (Å²) in [5.41, 5.74) is 0.854. The molecule has 0 amide bonds. The lowest BCUT2D eigenvalue weighted by molar-refractivity contribution is 0.0694. The van der Waals surface area contributed by atoms with Gasteiger partial charge in [-0.3, -0.25) is 0 Å². The molecule has 0 saturated carbocycles. The predicted octanol–water partition coefficient (Wildman–Crippen LogP) is 2.93. The number of anilines is 1. The number of aliphatic hydroxyl groups excluding tert-OH is 1. The van der Waals surface area contributed by atoms with Crippen LogP contribution in [-0.2, 0) is 0 Å². The first kappa shape index (κ1) is 15.9. The van der Waals surface area contributed by atoms with Gasteiger partial charge in [0.15, 0.2) is 0 Å². The Labute approximate surface area is 118 Å². The van der Waals surface area contributed by atoms with Crippen LogP contribution < -0.4 is 5.32 Å². The molecule has 0 heterocycles. The molecular weight excluding hydrogens is 262 g/mol. The SMILES string of the molecule is CCSc1cccc(NC(CO)C(C)C)c1C(=O)O. The van der Waals surface area contributed by atoms with E-state index in [-0.39, 0.29) is 24.1 Å². The van der Waals surface area contributed by atoms with Gasteiger partial charge in [-0.1, -0.05) is 26.8 Å². The van der Waals surface area contributed by atoms with Gasteiger partial charge in [0.1, 0.15) is 0 Å². The first-order valence-electron chi connectivity index (χ1n) is 6.37. The largest absolute Gasteiger partial charge is 0.478 e. The van der Waals surface area contributed by atoms with Crippen molar-refractivity contribution in [3.8, 4) is 0 Å². The number of carboxylic acid groups (broad SMARTS) is 1. The topological polar surface area (TPSA) is 69.6 Å². The predicted molar refractivity (Wildman–Crippen MR) is 79.1 cm³/mol. The van der Waals surface area contributed by atoms with Gasteiger partial charge in [-0.15, -0.1) is 11.8 Å². The number of nitrogens with one attached hydrogen (secondary N) is 1. The van der Waals surface area contributed by atoms with Crippen molar-refractivity contribution in [3.05, 3.63) is 23.8 Å². The van der Waals surface area contributed by atoms with Crippen molar-refractivity contribution in [3.63, 3.8) is 0 Å². The molecule has 3 N–H and O–H groups in total. The molecule has 1 unspecified atom stereocenters. The van der Waals surface area contributed by atoms with Gasteiger partial charge < -0.3 is 15.5 Å². The summed E-state index contributed by atoms with van der Waals surface area (Å²) in [6, 6.07) is 5.24. The van der Waals surface area contributed by atoms with E-state index >= 15 is 0 Å². The molecule has 4 nitrogen and oxygen atoms in total. The lowest BCUT2D eigenvalue weighted by Crippen LogP contribution is -2.30. The molecule has 0 spiro atoms. The highest BCUT2D eigenvalue weighted by molar-refractivity contribution is 7.99. The third-order valence-corrected chi connectivity index (χ3v) is 3.82. The fraction of sp³-hybridized carbons (Fsp3) is 0.500. The number of hydrogen-bond acceptors (Lipinski definition) is 4. The van der Waals surface area contributed by atoms with Crippen molar-refractivity contribution in [1.29, 1.82) is 0 Å². The van der Waals surface area contributed by atoms with E-state index in [4.69, 9.17) is 0 Å². The van der Waals surface area contributed by atoms with Crippen molar-refractivity contribution in [1.82, 2.24) is 0 Å². The Morgan fingerprint density at radius 1 is 1.42 bits per heavy atom. The van der Waals surface area contributed by atoms with Gasteiger partial charge in [0.2, 0.25) is 0 Å². The molecule has 19 heavy (non-hydrogen) atoms. The van der Waals surface area contributed by atoms with Gasteiger partial charge in [0.25, 0.3) is 0 Å². The number of carboxylic acids is 1. The summed E-state index contributed by atoms with van der Waals surface area (Å²) in [5, 5.41) is 21.9. The van der Waals surface area contributed by atoms with Crippen molar-refractivity contribution in [2.24, 2.45) is 5.92 Å². The summed E-state index contributed by atoms with van der Waals surface area (Å²) in [5.74, 6) is 0.0887. The van der Waals surface area contributed by atoms with E-state index in [9.17, 15) is 15.0 Å². The van der Waals surface area contributed by atoms with E-state index in [0.717, 1.165) is 10.6 Å². The Bertz CT molecular complexity index is 435. The van der Waals surface area contributed by atoms with Gasteiger partial charge in [0, 0.05) is 4.90 Å². The molecule has 0 bridgehead atoms. The number of aromatic carboxylic acids is 1. The van der Waals surface area contributed by atoms with Crippen LogP contribution in [0.3, 0.4) is 0 Å². The van der Waals surface area contributed by atoms with Gasteiger partial charge in [0.05, 0.1) is 23.9 Å². The lowest BCUT2D eigenvalue weighted by Gasteiger charge is -2.23. The van der Waals surface area contributed by atoms with Gasteiger partial charge in [-0.05, 0) is 23.8 Å². The number of carbonyl (C=O) groups is 1. The fourth-order valence-electron chi connectivity index (χ4n) is 1.77. The summed E-state index contributed by atoms with van der Waals surface area (Å²) < 4.78 is 0. The maximum Gasteiger partial charge on any atom is 0.338 e. The first-order chi connectivity index (χ1) is 9.01. The molecule has 0 aliphatic rings. The van der Waals surface area contributed by atoms with E-state index in [2.05, 4.69) is 5.32 Å². The zero-order chi connectivity index (χ0) is 14.4. The molecule has 0 aromatic heterocycles. The Morgan fingerprint density at radius 3 is 2.58 bits per heavy atom. The highest BCUT2D eigenvalue weighted by Gasteiger charge is 2.19. The molecule has 1 rings (SSSR count). The summed E-state index contributed by atoms with van der Waals surface area (Å²) >= 11 is 1.50. The zero-order valence-electron chi connectivity index (χ0n) is 11.5. The van der Waals surface area contributed by atoms with Gasteiger partial charge >= 0.3 is 5.97 Å². The third kappa shape index (κ3) is 4.14. The number of rotatable bonds is 7. The molecule has 0 radical (unpaired) electrons. The molecule has 106 valence electrons. The lowest BCUT2D eigenvalue weighted by atomic mass is 10.0. The molecule has 0 aliphatic heterocycles. The Balaban J connectivity index is 3.12. The minimum atomic E-state index is -0.945. The number of hydrogen-bond donors (Lipinski definition) is 3. The minimum absolute atomic E-state index is 0.0259. The van der Waals surface area contributed by atoms with E-state index in [1.165, 1.54) is 11.8 Å². The van der Waals surface area contributed by atoms with E-state index in [1.807, 2.05) is 32.9 Å². The second kappa shape index (κ2) is 7.40. The van der Waals surface area contributed by atoms with Crippen LogP contribution in [0.1, 0.15) is 31.1 Å². The van der Waals surface area contributed by atoms with Crippen LogP contribution in [0.15, 0.2) is 23.1 Å². The summed E-state index contributed by atoms with van der Waals surface area (Å²) in [6.45, 7) is 5.93. The van der Waals surface area contributed by atoms with Crippen LogP contribution >= 0.6 is 11.8 Å². The van der Waals surface area contributed by atoms with Gasteiger partial charge in [-0.2, -0.15) is 0 Å². The average Bonchev–Trinajstić information content (AvgIpc) is 2.35. The summed E-state index contributed by atoms with van der Waals surface area (Å²) in [7, 11) is 0. The van der Waals surface area contributed by atoms with Crippen molar-refractivity contribution < 1.29 is 15.0 Å². The third-order valence-electron chi connectivity index (χ3n) is 2.88. The molecule has 1 atom stereocenters. The molecule has 0 aliphatic carbocycles. The maximum atomic E-state index is 11.4. The Morgan fingerprint density at radius 2 is 2.11 bits per heavy atom. The van der Waals surface area contributed by atoms with Crippen LogP contribution in [0, 0.1) is 5.92 Å². The zero-order valence-corrected chi connectivity index (χ0v) is 12.3. The molecule has 5 heteroatoms. The van der Waals surface area contributed by atoms with Crippen molar-refractivity contribution >= 4 is 23.4 Å². The normalized spacial score (nSPS) is 12.5. The van der Waals surface area contributed by atoms with Crippen molar-refractivity contribution in [2.45, 2.75) is 31.7 Å². The molecule has 0 fully saturated rings. The highest BCUT2D eigenvalue weighted by atomic mass is 32.2. The van der Waals surface area contributed by atoms with Crippen LogP contribution in [-0.4, -0.2) is 34.6 Å². The Kier molecular flexibility index (Phi) is 6.18. The monoisotopic (exact) mass is 283 g/mol.